The van der Waals surface area contributed by atoms with E-state index in [1.54, 1.807) is 34.6 Å². The predicted molar refractivity (Wildman–Crippen MR) is 55.6 cm³/mol. The largest absolute Gasteiger partial charge is 0.480 e. The molecule has 0 saturated carbocycles. The lowest BCUT2D eigenvalue weighted by Crippen LogP contribution is -2.46. The molecule has 0 radical (unpaired) electrons. The van der Waals surface area contributed by atoms with Gasteiger partial charge in [-0.2, -0.15) is 0 Å². The van der Waals surface area contributed by atoms with Crippen LogP contribution in [0.1, 0.15) is 36.0 Å². The number of nitrogens with one attached hydrogen (secondary N) is 1. The zero-order valence-corrected chi connectivity index (χ0v) is 9.75. The third kappa shape index (κ3) is 5.93. The number of carbonyl (C=O) groups is 2. The summed E-state index contributed by atoms with van der Waals surface area (Å²) in [7, 11) is 0. The van der Waals surface area contributed by atoms with Crippen LogP contribution in [0.25, 0.3) is 0 Å². The van der Waals surface area contributed by atoms with Crippen molar-refractivity contribution in [3.8, 4) is 0 Å². The predicted octanol–water partition coefficient (Wildman–Crippen LogP) is 1.62. The number of hydrogen-bond acceptors (Lipinski definition) is 3. The Bertz CT molecular complexity index is 285. The summed E-state index contributed by atoms with van der Waals surface area (Å²) in [6.07, 6.45) is -0.904. The zero-order chi connectivity index (χ0) is 13.1. The summed E-state index contributed by atoms with van der Waals surface area (Å²) in [5.74, 6) is -1.98. The van der Waals surface area contributed by atoms with Crippen molar-refractivity contribution in [2.45, 2.75) is 46.2 Å². The molecule has 5 heteroatoms. The van der Waals surface area contributed by atoms with Crippen LogP contribution in [0.4, 0.5) is 4.79 Å². The molecule has 0 aliphatic carbocycles. The van der Waals surface area contributed by atoms with Crippen LogP contribution in [0.2, 0.25) is 0 Å². The van der Waals surface area contributed by atoms with Crippen LogP contribution in [-0.2, 0) is 9.53 Å². The Morgan fingerprint density at radius 2 is 1.87 bits per heavy atom. The molecular weight excluding hydrogens is 198 g/mol. The molecule has 0 aliphatic rings. The number of amides is 1. The number of hydrogen-bond donors (Lipinski definition) is 2. The van der Waals surface area contributed by atoms with Gasteiger partial charge in [-0.25, -0.2) is 9.59 Å². The van der Waals surface area contributed by atoms with E-state index < -0.39 is 29.6 Å². The molecule has 0 rings (SSSR count). The van der Waals surface area contributed by atoms with Crippen molar-refractivity contribution in [2.75, 3.05) is 0 Å². The molecule has 1 unspecified atom stereocenters. The molecule has 88 valence electrons. The highest BCUT2D eigenvalue weighted by Gasteiger charge is 2.26. The van der Waals surface area contributed by atoms with Gasteiger partial charge in [-0.15, -0.1) is 0 Å². The van der Waals surface area contributed by atoms with Crippen molar-refractivity contribution in [3.63, 3.8) is 0 Å². The molecule has 5 nitrogen and oxygen atoms in total. The van der Waals surface area contributed by atoms with Gasteiger partial charge in [-0.3, -0.25) is 0 Å². The van der Waals surface area contributed by atoms with Gasteiger partial charge in [-0.05, 0) is 26.7 Å². The number of ether oxygens (including phenoxy) is 1. The Morgan fingerprint density at radius 3 is 2.13 bits per heavy atom. The molecule has 0 heterocycles. The Kier molecular flexibility index (Phi) is 3.94. The number of rotatable bonds is 3. The molecule has 0 bridgehead atoms. The second kappa shape index (κ2) is 5.00. The Morgan fingerprint density at radius 1 is 1.40 bits per heavy atom. The third-order valence-electron chi connectivity index (χ3n) is 1.44. The standard InChI is InChI=1S/C10H19NO4/c1-6(2)7(8(12)13)11-9(14)15-10(3,4)5/h6-7H,1-5H3,(H,11,14)(H,12,13)/i7D. The number of carboxylic acids is 1. The van der Waals surface area contributed by atoms with Gasteiger partial charge >= 0.3 is 12.1 Å². The maximum atomic E-state index is 11.4. The van der Waals surface area contributed by atoms with E-state index in [0.29, 0.717) is 0 Å². The molecule has 15 heavy (non-hydrogen) atoms. The summed E-state index contributed by atoms with van der Waals surface area (Å²) in [4.78, 5) is 22.3. The maximum Gasteiger partial charge on any atom is 0.408 e. The van der Waals surface area contributed by atoms with E-state index in [9.17, 15) is 9.59 Å². The molecule has 1 atom stereocenters. The molecule has 1 amide bonds. The number of aliphatic carboxylic acids is 1. The van der Waals surface area contributed by atoms with Crippen molar-refractivity contribution in [1.82, 2.24) is 5.32 Å². The van der Waals surface area contributed by atoms with Gasteiger partial charge in [0.15, 0.2) is 0 Å². The quantitative estimate of drug-likeness (QED) is 0.754. The molecule has 0 aliphatic heterocycles. The van der Waals surface area contributed by atoms with Crippen LogP contribution in [0.15, 0.2) is 0 Å². The summed E-state index contributed by atoms with van der Waals surface area (Å²) in [5.41, 5.74) is -0.722. The van der Waals surface area contributed by atoms with Gasteiger partial charge in [0.1, 0.15) is 11.6 Å². The van der Waals surface area contributed by atoms with Crippen LogP contribution < -0.4 is 5.32 Å². The molecule has 0 spiro atoms. The topological polar surface area (TPSA) is 75.6 Å². The second-order valence-electron chi connectivity index (χ2n) is 4.50. The van der Waals surface area contributed by atoms with E-state index in [4.69, 9.17) is 11.2 Å². The normalized spacial score (nSPS) is 16.5. The van der Waals surface area contributed by atoms with Gasteiger partial charge in [0, 0.05) is 0 Å². The Balaban J connectivity index is 4.68. The van der Waals surface area contributed by atoms with Crippen molar-refractivity contribution in [1.29, 1.82) is 0 Å². The van der Waals surface area contributed by atoms with E-state index in [-0.39, 0.29) is 0 Å². The minimum Gasteiger partial charge on any atom is -0.480 e. The van der Waals surface area contributed by atoms with E-state index in [2.05, 4.69) is 5.32 Å². The lowest BCUT2D eigenvalue weighted by atomic mass is 10.1. The molecular formula is C10H19NO4. The molecule has 0 saturated heterocycles. The van der Waals surface area contributed by atoms with Gasteiger partial charge in [0.25, 0.3) is 0 Å². The summed E-state index contributed by atoms with van der Waals surface area (Å²) in [5, 5.41) is 10.9. The van der Waals surface area contributed by atoms with E-state index >= 15 is 0 Å². The number of carbonyl (C=O) groups excluding carboxylic acids is 1. The summed E-state index contributed by atoms with van der Waals surface area (Å²) in [6, 6.07) is -2.07. The molecule has 0 fully saturated rings. The molecule has 0 aromatic rings. The average molecular weight is 218 g/mol. The number of alkyl carbamates (subject to hydrolysis) is 1. The molecule has 2 N–H and O–H groups in total. The molecule has 0 aromatic heterocycles. The fraction of sp³-hybridized carbons (Fsp3) is 0.800. The number of carboxylic acid groups (broad SMARTS) is 1. The van der Waals surface area contributed by atoms with Crippen molar-refractivity contribution >= 4 is 12.1 Å². The van der Waals surface area contributed by atoms with Crippen LogP contribution in [-0.4, -0.2) is 28.8 Å². The van der Waals surface area contributed by atoms with E-state index in [1.165, 1.54) is 0 Å². The minimum absolute atomic E-state index is 0.572. The van der Waals surface area contributed by atoms with Crippen LogP contribution >= 0.6 is 0 Å². The average Bonchev–Trinajstić information content (AvgIpc) is 1.98. The highest BCUT2D eigenvalue weighted by molar-refractivity contribution is 5.80. The SMILES string of the molecule is [2H]C(NC(=O)OC(C)(C)C)(C(=O)O)C(C)C. The second-order valence-corrected chi connectivity index (χ2v) is 4.50. The van der Waals surface area contributed by atoms with Gasteiger partial charge in [0.05, 0.1) is 1.37 Å². The Hall–Kier alpha value is -1.26. The fourth-order valence-corrected chi connectivity index (χ4v) is 0.858. The monoisotopic (exact) mass is 218 g/mol. The first-order valence-electron chi connectivity index (χ1n) is 5.23. The summed E-state index contributed by atoms with van der Waals surface area (Å²) in [6.45, 7) is 8.06. The fourth-order valence-electron chi connectivity index (χ4n) is 0.858. The van der Waals surface area contributed by atoms with Crippen LogP contribution in [0.3, 0.4) is 0 Å². The first-order valence-corrected chi connectivity index (χ1v) is 4.73. The van der Waals surface area contributed by atoms with Gasteiger partial charge < -0.3 is 15.2 Å². The van der Waals surface area contributed by atoms with E-state index in [0.717, 1.165) is 0 Å². The Labute approximate surface area is 91.2 Å². The van der Waals surface area contributed by atoms with Crippen LogP contribution in [0.5, 0.6) is 0 Å². The van der Waals surface area contributed by atoms with Crippen molar-refractivity contribution in [3.05, 3.63) is 0 Å². The zero-order valence-electron chi connectivity index (χ0n) is 10.7. The van der Waals surface area contributed by atoms with Crippen molar-refractivity contribution < 1.29 is 20.8 Å². The highest BCUT2D eigenvalue weighted by atomic mass is 16.6. The third-order valence-corrected chi connectivity index (χ3v) is 1.44. The van der Waals surface area contributed by atoms with E-state index in [1.807, 2.05) is 0 Å². The lowest BCUT2D eigenvalue weighted by Gasteiger charge is -2.23. The molecule has 0 aromatic carbocycles. The smallest absolute Gasteiger partial charge is 0.408 e. The van der Waals surface area contributed by atoms with Crippen molar-refractivity contribution in [2.24, 2.45) is 5.92 Å². The minimum atomic E-state index is -2.07. The first kappa shape index (κ1) is 11.8. The van der Waals surface area contributed by atoms with Gasteiger partial charge in [-0.1, -0.05) is 13.8 Å². The summed E-state index contributed by atoms with van der Waals surface area (Å²) < 4.78 is 12.6. The highest BCUT2D eigenvalue weighted by Crippen LogP contribution is 2.08. The van der Waals surface area contributed by atoms with Crippen LogP contribution in [0, 0.1) is 5.92 Å². The van der Waals surface area contributed by atoms with Gasteiger partial charge in [0.2, 0.25) is 0 Å². The lowest BCUT2D eigenvalue weighted by molar-refractivity contribution is -0.140. The summed E-state index contributed by atoms with van der Waals surface area (Å²) >= 11 is 0. The first-order chi connectivity index (χ1) is 6.99. The maximum absolute atomic E-state index is 11.4.